The maximum atomic E-state index is 11.1. The zero-order valence-corrected chi connectivity index (χ0v) is 9.82. The summed E-state index contributed by atoms with van der Waals surface area (Å²) in [4.78, 5) is 13.3. The predicted octanol–water partition coefficient (Wildman–Crippen LogP) is 1.21. The number of rotatable bonds is 5. The summed E-state index contributed by atoms with van der Waals surface area (Å²) in [6.45, 7) is 6.17. The molecule has 0 aromatic carbocycles. The van der Waals surface area contributed by atoms with E-state index in [0.29, 0.717) is 13.0 Å². The number of nitrogens with zero attached hydrogens (tertiary/aromatic N) is 1. The maximum Gasteiger partial charge on any atom is 0.310 e. The Kier molecular flexibility index (Phi) is 4.11. The second-order valence-corrected chi connectivity index (χ2v) is 4.60. The first kappa shape index (κ1) is 12.5. The molecule has 0 aliphatic carbocycles. The van der Waals surface area contributed by atoms with Gasteiger partial charge >= 0.3 is 5.97 Å². The molecule has 0 aromatic rings. The third-order valence-electron chi connectivity index (χ3n) is 3.43. The van der Waals surface area contributed by atoms with Crippen molar-refractivity contribution in [2.24, 2.45) is 5.41 Å². The van der Waals surface area contributed by atoms with Crippen LogP contribution in [-0.2, 0) is 9.53 Å². The molecular weight excluding hydrogens is 194 g/mol. The highest BCUT2D eigenvalue weighted by atomic mass is 16.5. The van der Waals surface area contributed by atoms with Gasteiger partial charge in [-0.25, -0.2) is 0 Å². The first-order valence-electron chi connectivity index (χ1n) is 5.50. The summed E-state index contributed by atoms with van der Waals surface area (Å²) in [6.07, 6.45) is 1.95. The number of aliphatic carboxylic acids is 1. The molecule has 15 heavy (non-hydrogen) atoms. The molecule has 0 spiro atoms. The summed E-state index contributed by atoms with van der Waals surface area (Å²) >= 11 is 0. The molecular formula is C11H21NO3. The van der Waals surface area contributed by atoms with Gasteiger partial charge in [0.2, 0.25) is 0 Å². The minimum atomic E-state index is -0.703. The molecule has 0 bridgehead atoms. The number of ether oxygens (including phenoxy) is 1. The average molecular weight is 215 g/mol. The Hall–Kier alpha value is -0.610. The van der Waals surface area contributed by atoms with E-state index in [1.165, 1.54) is 0 Å². The molecule has 1 fully saturated rings. The van der Waals surface area contributed by atoms with Gasteiger partial charge in [0.05, 0.1) is 11.5 Å². The molecule has 1 aliphatic heterocycles. The largest absolute Gasteiger partial charge is 0.481 e. The van der Waals surface area contributed by atoms with E-state index in [1.54, 1.807) is 7.11 Å². The van der Waals surface area contributed by atoms with Gasteiger partial charge in [-0.3, -0.25) is 9.69 Å². The zero-order valence-electron chi connectivity index (χ0n) is 9.82. The monoisotopic (exact) mass is 215 g/mol. The Balaban J connectivity index is 2.50. The van der Waals surface area contributed by atoms with Crippen LogP contribution in [0.3, 0.4) is 0 Å². The lowest BCUT2D eigenvalue weighted by molar-refractivity contribution is -0.149. The van der Waals surface area contributed by atoms with E-state index in [9.17, 15) is 4.79 Å². The van der Waals surface area contributed by atoms with Gasteiger partial charge in [-0.15, -0.1) is 0 Å². The molecule has 1 rings (SSSR count). The summed E-state index contributed by atoms with van der Waals surface area (Å²) in [5, 5.41) is 9.16. The second kappa shape index (κ2) is 4.94. The molecule has 1 heterocycles. The van der Waals surface area contributed by atoms with Crippen LogP contribution in [0, 0.1) is 5.41 Å². The number of methoxy groups -OCH3 is 1. The lowest BCUT2D eigenvalue weighted by atomic mass is 9.87. The Morgan fingerprint density at radius 1 is 1.67 bits per heavy atom. The highest BCUT2D eigenvalue weighted by Crippen LogP contribution is 2.25. The van der Waals surface area contributed by atoms with Crippen molar-refractivity contribution in [2.75, 3.05) is 26.7 Å². The highest BCUT2D eigenvalue weighted by Gasteiger charge is 2.35. The van der Waals surface area contributed by atoms with Crippen molar-refractivity contribution in [1.82, 2.24) is 4.90 Å². The molecule has 0 aromatic heterocycles. The number of hydrogen-bond donors (Lipinski definition) is 1. The quantitative estimate of drug-likeness (QED) is 0.749. The Morgan fingerprint density at radius 2 is 2.33 bits per heavy atom. The van der Waals surface area contributed by atoms with Crippen molar-refractivity contribution in [2.45, 2.75) is 32.8 Å². The van der Waals surface area contributed by atoms with Crippen molar-refractivity contribution in [3.8, 4) is 0 Å². The fraction of sp³-hybridized carbons (Fsp3) is 0.909. The van der Waals surface area contributed by atoms with Gasteiger partial charge in [0.1, 0.15) is 0 Å². The molecule has 1 saturated heterocycles. The van der Waals surface area contributed by atoms with Crippen molar-refractivity contribution < 1.29 is 14.6 Å². The summed E-state index contributed by atoms with van der Waals surface area (Å²) in [6, 6.07) is 0. The van der Waals surface area contributed by atoms with Crippen LogP contribution in [0.15, 0.2) is 0 Å². The number of carboxylic acids is 1. The average Bonchev–Trinajstić information content (AvgIpc) is 2.65. The lowest BCUT2D eigenvalue weighted by Gasteiger charge is -2.28. The maximum absolute atomic E-state index is 11.1. The molecule has 2 atom stereocenters. The molecule has 0 amide bonds. The van der Waals surface area contributed by atoms with E-state index in [4.69, 9.17) is 9.84 Å². The van der Waals surface area contributed by atoms with Crippen LogP contribution in [0.25, 0.3) is 0 Å². The smallest absolute Gasteiger partial charge is 0.310 e. The summed E-state index contributed by atoms with van der Waals surface area (Å²) in [5.74, 6) is -0.703. The standard InChI is InChI=1S/C11H21NO3/c1-4-11(2,10(13)14)8-12-6-5-9(7-12)15-3/h9H,4-8H2,1-3H3,(H,13,14). The third kappa shape index (κ3) is 2.92. The van der Waals surface area contributed by atoms with Crippen molar-refractivity contribution >= 4 is 5.97 Å². The number of likely N-dealkylation sites (tertiary alicyclic amines) is 1. The van der Waals surface area contributed by atoms with Crippen LogP contribution in [0.5, 0.6) is 0 Å². The molecule has 4 nitrogen and oxygen atoms in total. The molecule has 1 N–H and O–H groups in total. The highest BCUT2D eigenvalue weighted by molar-refractivity contribution is 5.74. The van der Waals surface area contributed by atoms with E-state index in [2.05, 4.69) is 4.90 Å². The minimum absolute atomic E-state index is 0.278. The van der Waals surface area contributed by atoms with Gasteiger partial charge in [-0.05, 0) is 19.8 Å². The van der Waals surface area contributed by atoms with Gasteiger partial charge < -0.3 is 9.84 Å². The van der Waals surface area contributed by atoms with Gasteiger partial charge in [0, 0.05) is 26.7 Å². The topological polar surface area (TPSA) is 49.8 Å². The Labute approximate surface area is 91.2 Å². The minimum Gasteiger partial charge on any atom is -0.481 e. The molecule has 88 valence electrons. The van der Waals surface area contributed by atoms with Gasteiger partial charge in [-0.2, -0.15) is 0 Å². The summed E-state index contributed by atoms with van der Waals surface area (Å²) in [5.41, 5.74) is -0.622. The molecule has 2 unspecified atom stereocenters. The predicted molar refractivity (Wildman–Crippen MR) is 57.9 cm³/mol. The van der Waals surface area contributed by atoms with Crippen LogP contribution in [-0.4, -0.2) is 48.8 Å². The lowest BCUT2D eigenvalue weighted by Crippen LogP contribution is -2.40. The number of carbonyl (C=O) groups is 1. The van der Waals surface area contributed by atoms with E-state index >= 15 is 0 Å². The molecule has 0 radical (unpaired) electrons. The van der Waals surface area contributed by atoms with E-state index in [-0.39, 0.29) is 6.10 Å². The van der Waals surface area contributed by atoms with E-state index in [0.717, 1.165) is 19.5 Å². The van der Waals surface area contributed by atoms with Crippen LogP contribution in [0.2, 0.25) is 0 Å². The van der Waals surface area contributed by atoms with Crippen LogP contribution >= 0.6 is 0 Å². The van der Waals surface area contributed by atoms with Crippen molar-refractivity contribution in [1.29, 1.82) is 0 Å². The second-order valence-electron chi connectivity index (χ2n) is 4.60. The fourth-order valence-electron chi connectivity index (χ4n) is 1.96. The molecule has 1 aliphatic rings. The van der Waals surface area contributed by atoms with Crippen LogP contribution in [0.1, 0.15) is 26.7 Å². The van der Waals surface area contributed by atoms with Crippen molar-refractivity contribution in [3.05, 3.63) is 0 Å². The Bertz CT molecular complexity index is 232. The zero-order chi connectivity index (χ0) is 11.5. The van der Waals surface area contributed by atoms with Crippen LogP contribution < -0.4 is 0 Å². The SMILES string of the molecule is CCC(C)(CN1CCC(OC)C1)C(=O)O. The molecule has 4 heteroatoms. The van der Waals surface area contributed by atoms with E-state index in [1.807, 2.05) is 13.8 Å². The van der Waals surface area contributed by atoms with Crippen molar-refractivity contribution in [3.63, 3.8) is 0 Å². The van der Waals surface area contributed by atoms with Crippen LogP contribution in [0.4, 0.5) is 0 Å². The summed E-state index contributed by atoms with van der Waals surface area (Å²) < 4.78 is 5.26. The Morgan fingerprint density at radius 3 is 2.73 bits per heavy atom. The van der Waals surface area contributed by atoms with Gasteiger partial charge in [0.15, 0.2) is 0 Å². The third-order valence-corrected chi connectivity index (χ3v) is 3.43. The van der Waals surface area contributed by atoms with Gasteiger partial charge in [0.25, 0.3) is 0 Å². The first-order valence-corrected chi connectivity index (χ1v) is 5.50. The van der Waals surface area contributed by atoms with E-state index < -0.39 is 11.4 Å². The number of carboxylic acid groups (broad SMARTS) is 1. The van der Waals surface area contributed by atoms with Gasteiger partial charge in [-0.1, -0.05) is 6.92 Å². The number of hydrogen-bond acceptors (Lipinski definition) is 3. The normalized spacial score (nSPS) is 26.5. The fourth-order valence-corrected chi connectivity index (χ4v) is 1.96. The summed E-state index contributed by atoms with van der Waals surface area (Å²) in [7, 11) is 1.71. The molecule has 0 saturated carbocycles. The first-order chi connectivity index (χ1) is 7.01.